The molecule has 3 amide bonds. The van der Waals surface area contributed by atoms with Crippen LogP contribution in [0, 0.1) is 23.5 Å². The Balaban J connectivity index is 1.48. The topological polar surface area (TPSA) is 155 Å². The highest BCUT2D eigenvalue weighted by molar-refractivity contribution is 5.97. The van der Waals surface area contributed by atoms with Crippen molar-refractivity contribution in [3.05, 3.63) is 65.1 Å². The first-order valence-corrected chi connectivity index (χ1v) is 14.2. The highest BCUT2D eigenvalue weighted by Crippen LogP contribution is 2.37. The molecule has 3 aromatic rings. The molecule has 2 atom stereocenters. The van der Waals surface area contributed by atoms with E-state index in [1.807, 2.05) is 0 Å². The molecule has 0 spiro atoms. The number of primary amides is 1. The van der Waals surface area contributed by atoms with Crippen LogP contribution in [0.5, 0.6) is 11.5 Å². The fraction of sp³-hybridized carbons (Fsp3) is 0.400. The Hall–Kier alpha value is -4.82. The van der Waals surface area contributed by atoms with Gasteiger partial charge in [-0.25, -0.2) is 18.6 Å². The predicted octanol–water partition coefficient (Wildman–Crippen LogP) is 5.16. The summed E-state index contributed by atoms with van der Waals surface area (Å²) >= 11 is 0. The van der Waals surface area contributed by atoms with Crippen molar-refractivity contribution >= 4 is 17.9 Å². The lowest BCUT2D eigenvalue weighted by atomic mass is 10.0. The van der Waals surface area contributed by atoms with Gasteiger partial charge in [0.1, 0.15) is 17.7 Å². The number of ether oxygens (including phenoxy) is 3. The Kier molecular flexibility index (Phi) is 9.44. The second-order valence-corrected chi connectivity index (χ2v) is 10.9. The summed E-state index contributed by atoms with van der Waals surface area (Å²) in [6, 6.07) is 4.83. The second kappa shape index (κ2) is 13.4. The fourth-order valence-corrected chi connectivity index (χ4v) is 4.45. The van der Waals surface area contributed by atoms with Crippen LogP contribution in [-0.2, 0) is 9.53 Å². The number of carbonyl (C=O) groups excluding carboxylic acids is 3. The minimum atomic E-state index is -3.12. The van der Waals surface area contributed by atoms with E-state index in [9.17, 15) is 31.9 Å². The maximum atomic E-state index is 14.8. The largest absolute Gasteiger partial charge is 0.489 e. The first-order chi connectivity index (χ1) is 21.5. The zero-order chi connectivity index (χ0) is 32.2. The van der Waals surface area contributed by atoms with Gasteiger partial charge in [0.2, 0.25) is 11.8 Å². The molecule has 2 fully saturated rings. The summed E-state index contributed by atoms with van der Waals surface area (Å²) in [5.74, 6) is -3.94. The van der Waals surface area contributed by atoms with Crippen molar-refractivity contribution in [3.8, 4) is 23.0 Å². The number of aromatic nitrogens is 1. The molecule has 2 aliphatic carbocycles. The quantitative estimate of drug-likeness (QED) is 0.205. The lowest BCUT2D eigenvalue weighted by molar-refractivity contribution is -0.123. The lowest BCUT2D eigenvalue weighted by Gasteiger charge is -2.19. The molecule has 45 heavy (non-hydrogen) atoms. The minimum absolute atomic E-state index is 0.0222. The average Bonchev–Trinajstić information content (AvgIpc) is 3.92. The van der Waals surface area contributed by atoms with Gasteiger partial charge in [0, 0.05) is 23.7 Å². The van der Waals surface area contributed by atoms with Crippen LogP contribution in [0.1, 0.15) is 66.6 Å². The molecule has 15 heteroatoms. The standard InChI is InChI=1S/C30H30F4N4O7/c1-14(43-30(35)41)25-24(27(40)37-23(26(39)36-12-15-2-3-15)19-8-7-18(31)11-20(19)32)38-28(45-25)17-6-9-21(44-29(33)34)22(10-17)42-13-16-4-5-16/h6-11,14-16,23,29H,2-5,12-13H2,1H3,(H2,35,41)(H,36,39)(H,37,40)/t14-,23?/m0/s1. The van der Waals surface area contributed by atoms with Crippen LogP contribution in [0.2, 0.25) is 0 Å². The Bertz CT molecular complexity index is 1580. The SMILES string of the molecule is C[C@H](OC(N)=O)c1oc(-c2ccc(OC(F)F)c(OCC3CC3)c2)nc1C(=O)NC(C(=O)NCC1CC1)c1ccc(F)cc1F. The molecule has 4 N–H and O–H groups in total. The van der Waals surface area contributed by atoms with Crippen LogP contribution in [0.15, 0.2) is 40.8 Å². The maximum Gasteiger partial charge on any atom is 0.405 e. The summed E-state index contributed by atoms with van der Waals surface area (Å²) in [6.07, 6.45) is 1.24. The van der Waals surface area contributed by atoms with E-state index in [0.29, 0.717) is 12.6 Å². The van der Waals surface area contributed by atoms with Gasteiger partial charge in [-0.1, -0.05) is 6.07 Å². The molecule has 2 aliphatic rings. The molecular formula is C30H30F4N4O7. The van der Waals surface area contributed by atoms with E-state index in [4.69, 9.17) is 19.6 Å². The highest BCUT2D eigenvalue weighted by Gasteiger charge is 2.33. The summed E-state index contributed by atoms with van der Waals surface area (Å²) in [7, 11) is 0. The Labute approximate surface area is 254 Å². The molecule has 2 saturated carbocycles. The number of rotatable bonds is 14. The Morgan fingerprint density at radius 3 is 2.42 bits per heavy atom. The minimum Gasteiger partial charge on any atom is -0.489 e. The number of amides is 3. The summed E-state index contributed by atoms with van der Waals surface area (Å²) in [5, 5.41) is 5.08. The molecule has 5 rings (SSSR count). The van der Waals surface area contributed by atoms with Crippen LogP contribution < -0.4 is 25.8 Å². The molecule has 0 saturated heterocycles. The summed E-state index contributed by atoms with van der Waals surface area (Å²) < 4.78 is 75.6. The summed E-state index contributed by atoms with van der Waals surface area (Å²) in [6.45, 7) is -1.21. The van der Waals surface area contributed by atoms with Gasteiger partial charge in [-0.3, -0.25) is 9.59 Å². The van der Waals surface area contributed by atoms with Crippen molar-refractivity contribution in [2.75, 3.05) is 13.2 Å². The zero-order valence-corrected chi connectivity index (χ0v) is 24.0. The van der Waals surface area contributed by atoms with E-state index in [-0.39, 0.29) is 52.7 Å². The highest BCUT2D eigenvalue weighted by atomic mass is 19.3. The average molecular weight is 635 g/mol. The van der Waals surface area contributed by atoms with Gasteiger partial charge in [-0.2, -0.15) is 8.78 Å². The van der Waals surface area contributed by atoms with Crippen molar-refractivity contribution in [2.24, 2.45) is 17.6 Å². The number of nitrogens with two attached hydrogens (primary N) is 1. The van der Waals surface area contributed by atoms with E-state index in [1.165, 1.54) is 25.1 Å². The van der Waals surface area contributed by atoms with Crippen molar-refractivity contribution in [3.63, 3.8) is 0 Å². The number of hydrogen-bond acceptors (Lipinski definition) is 8. The van der Waals surface area contributed by atoms with Crippen LogP contribution in [0.3, 0.4) is 0 Å². The first-order valence-electron chi connectivity index (χ1n) is 14.2. The molecule has 2 aromatic carbocycles. The predicted molar refractivity (Wildman–Crippen MR) is 148 cm³/mol. The van der Waals surface area contributed by atoms with Crippen LogP contribution in [-0.4, -0.2) is 42.7 Å². The summed E-state index contributed by atoms with van der Waals surface area (Å²) in [4.78, 5) is 42.5. The third kappa shape index (κ3) is 8.22. The van der Waals surface area contributed by atoms with Crippen molar-refractivity contribution in [1.29, 1.82) is 0 Å². The lowest BCUT2D eigenvalue weighted by Crippen LogP contribution is -2.42. The van der Waals surface area contributed by atoms with Gasteiger partial charge in [0.05, 0.1) is 6.61 Å². The monoisotopic (exact) mass is 634 g/mol. The zero-order valence-electron chi connectivity index (χ0n) is 24.0. The van der Waals surface area contributed by atoms with Gasteiger partial charge < -0.3 is 35.0 Å². The van der Waals surface area contributed by atoms with Gasteiger partial charge in [0.15, 0.2) is 29.1 Å². The molecule has 240 valence electrons. The molecule has 0 aliphatic heterocycles. The number of benzene rings is 2. The van der Waals surface area contributed by atoms with Crippen LogP contribution in [0.4, 0.5) is 22.4 Å². The Morgan fingerprint density at radius 2 is 1.78 bits per heavy atom. The smallest absolute Gasteiger partial charge is 0.405 e. The number of nitrogens with one attached hydrogen (secondary N) is 2. The molecule has 1 heterocycles. The Morgan fingerprint density at radius 1 is 1.04 bits per heavy atom. The molecule has 1 unspecified atom stereocenters. The van der Waals surface area contributed by atoms with Gasteiger partial charge in [-0.15, -0.1) is 0 Å². The van der Waals surface area contributed by atoms with E-state index in [2.05, 4.69) is 20.4 Å². The van der Waals surface area contributed by atoms with Gasteiger partial charge >= 0.3 is 12.7 Å². The van der Waals surface area contributed by atoms with E-state index >= 15 is 0 Å². The van der Waals surface area contributed by atoms with Crippen molar-refractivity contribution in [1.82, 2.24) is 15.6 Å². The van der Waals surface area contributed by atoms with E-state index < -0.39 is 54.0 Å². The maximum absolute atomic E-state index is 14.8. The third-order valence-electron chi connectivity index (χ3n) is 7.18. The number of oxazole rings is 1. The third-order valence-corrected chi connectivity index (χ3v) is 7.18. The molecular weight excluding hydrogens is 604 g/mol. The van der Waals surface area contributed by atoms with Gasteiger partial charge in [0.25, 0.3) is 5.91 Å². The number of hydrogen-bond donors (Lipinski definition) is 3. The van der Waals surface area contributed by atoms with Crippen LogP contribution >= 0.6 is 0 Å². The number of alkyl halides is 2. The van der Waals surface area contributed by atoms with E-state index in [0.717, 1.165) is 37.8 Å². The number of carbonyl (C=O) groups is 3. The van der Waals surface area contributed by atoms with Crippen LogP contribution in [0.25, 0.3) is 11.5 Å². The molecule has 0 bridgehead atoms. The first kappa shape index (κ1) is 31.6. The summed E-state index contributed by atoms with van der Waals surface area (Å²) in [5.41, 5.74) is 4.58. The normalized spacial score (nSPS) is 15.7. The fourth-order valence-electron chi connectivity index (χ4n) is 4.45. The van der Waals surface area contributed by atoms with Gasteiger partial charge in [-0.05, 0) is 68.7 Å². The van der Waals surface area contributed by atoms with Crippen molar-refractivity contribution in [2.45, 2.75) is 51.4 Å². The number of halogens is 4. The molecule has 0 radical (unpaired) electrons. The second-order valence-electron chi connectivity index (χ2n) is 10.9. The number of nitrogens with zero attached hydrogens (tertiary/aromatic N) is 1. The van der Waals surface area contributed by atoms with Crippen molar-refractivity contribution < 1.29 is 50.6 Å². The van der Waals surface area contributed by atoms with E-state index in [1.54, 1.807) is 0 Å². The molecule has 1 aromatic heterocycles. The molecule has 11 nitrogen and oxygen atoms in total.